The van der Waals surface area contributed by atoms with E-state index in [4.69, 9.17) is 13.6 Å². The normalized spacial score (nSPS) is 13.8. The van der Waals surface area contributed by atoms with E-state index in [0.717, 1.165) is 39.5 Å². The maximum absolute atomic E-state index is 12.8. The summed E-state index contributed by atoms with van der Waals surface area (Å²) in [4.78, 5) is 56.9. The predicted molar refractivity (Wildman–Crippen MR) is 226 cm³/mol. The lowest BCUT2D eigenvalue weighted by atomic mass is 9.93. The Labute approximate surface area is 335 Å². The first kappa shape index (κ1) is 37.1. The maximum atomic E-state index is 12.8. The van der Waals surface area contributed by atoms with E-state index in [1.54, 1.807) is 24.8 Å². The molecule has 59 heavy (non-hydrogen) atoms. The highest BCUT2D eigenvalue weighted by Crippen LogP contribution is 2.37. The standard InChI is InChI=1S/C23H19N5O2.C21H19N5O3/c1-2-17(28-22-19-21(25-12-24-19)26-13-27-22)20-18(14-8-4-3-5-9-14)15-10-6-7-11-16(15)23(29)30-20;1-12(26-20-17-19(23-10-22-17)24-11-25-20)18-16(13-6-8-28-9-7-13)14-4-2-3-5-15(14)21(27)29-18/h3-13,17H,2H2,1H3,(H2,24,25,26,27,28);2-6,10-12H,7-9H2,1H3,(H2,22,23,24,25,26). The van der Waals surface area contributed by atoms with Gasteiger partial charge in [-0.1, -0.05) is 79.7 Å². The van der Waals surface area contributed by atoms with Crippen LogP contribution in [-0.2, 0) is 4.74 Å². The maximum Gasteiger partial charge on any atom is 0.343 e. The van der Waals surface area contributed by atoms with E-state index in [0.29, 0.717) is 75.9 Å². The van der Waals surface area contributed by atoms with Crippen molar-refractivity contribution in [2.45, 2.75) is 38.8 Å². The number of H-pyrrole nitrogens is 2. The van der Waals surface area contributed by atoms with Crippen molar-refractivity contribution in [2.24, 2.45) is 0 Å². The Morgan fingerprint density at radius 2 is 1.22 bits per heavy atom. The molecule has 0 aliphatic carbocycles. The van der Waals surface area contributed by atoms with Gasteiger partial charge >= 0.3 is 11.3 Å². The second kappa shape index (κ2) is 16.1. The van der Waals surface area contributed by atoms with Gasteiger partial charge in [-0.2, -0.15) is 0 Å². The minimum absolute atomic E-state index is 0.279. The van der Waals surface area contributed by atoms with Crippen LogP contribution in [0.1, 0.15) is 55.9 Å². The zero-order valence-corrected chi connectivity index (χ0v) is 32.1. The van der Waals surface area contributed by atoms with Gasteiger partial charge in [0.25, 0.3) is 0 Å². The van der Waals surface area contributed by atoms with Crippen molar-refractivity contribution in [2.75, 3.05) is 23.8 Å². The Hall–Kier alpha value is -7.52. The highest BCUT2D eigenvalue weighted by atomic mass is 16.5. The Bertz CT molecular complexity index is 3100. The molecule has 0 saturated carbocycles. The zero-order valence-electron chi connectivity index (χ0n) is 32.1. The summed E-state index contributed by atoms with van der Waals surface area (Å²) in [5.74, 6) is 2.37. The number of rotatable bonds is 9. The number of nitrogens with zero attached hydrogens (tertiary/aromatic N) is 6. The van der Waals surface area contributed by atoms with Crippen molar-refractivity contribution < 1.29 is 13.6 Å². The van der Waals surface area contributed by atoms with Gasteiger partial charge in [-0.25, -0.2) is 39.5 Å². The number of benzene rings is 3. The van der Waals surface area contributed by atoms with Gasteiger partial charge in [0, 0.05) is 16.5 Å². The van der Waals surface area contributed by atoms with Gasteiger partial charge in [-0.3, -0.25) is 0 Å². The Morgan fingerprint density at radius 1 is 0.661 bits per heavy atom. The molecule has 15 nitrogen and oxygen atoms in total. The number of fused-ring (bicyclic) bond motifs is 4. The van der Waals surface area contributed by atoms with Crippen LogP contribution in [0, 0.1) is 0 Å². The highest BCUT2D eigenvalue weighted by Gasteiger charge is 2.25. The van der Waals surface area contributed by atoms with E-state index in [2.05, 4.69) is 56.6 Å². The largest absolute Gasteiger partial charge is 0.425 e. The third-order valence-electron chi connectivity index (χ3n) is 10.3. The molecule has 0 amide bonds. The van der Waals surface area contributed by atoms with E-state index in [1.807, 2.05) is 80.6 Å². The summed E-state index contributed by atoms with van der Waals surface area (Å²) in [6.07, 6.45) is 9.57. The zero-order chi connectivity index (χ0) is 40.3. The molecule has 10 rings (SSSR count). The van der Waals surface area contributed by atoms with Crippen molar-refractivity contribution in [3.05, 3.63) is 148 Å². The van der Waals surface area contributed by atoms with Crippen molar-refractivity contribution in [3.8, 4) is 11.1 Å². The molecule has 0 fully saturated rings. The first-order valence-corrected chi connectivity index (χ1v) is 19.2. The van der Waals surface area contributed by atoms with Crippen LogP contribution in [0.15, 0.2) is 129 Å². The van der Waals surface area contributed by atoms with E-state index >= 15 is 0 Å². The first-order chi connectivity index (χ1) is 29.0. The molecule has 0 radical (unpaired) electrons. The minimum Gasteiger partial charge on any atom is -0.425 e. The predicted octanol–water partition coefficient (Wildman–Crippen LogP) is 8.13. The first-order valence-electron chi connectivity index (χ1n) is 19.2. The van der Waals surface area contributed by atoms with Gasteiger partial charge in [0.2, 0.25) is 0 Å². The average molecular weight is 787 g/mol. The number of imidazole rings is 2. The molecule has 1 aliphatic heterocycles. The minimum atomic E-state index is -0.352. The number of anilines is 2. The molecule has 0 saturated heterocycles. The van der Waals surface area contributed by atoms with E-state index < -0.39 is 0 Å². The van der Waals surface area contributed by atoms with Gasteiger partial charge in [-0.15, -0.1) is 0 Å². The van der Waals surface area contributed by atoms with E-state index in [-0.39, 0.29) is 23.3 Å². The monoisotopic (exact) mass is 786 g/mol. The summed E-state index contributed by atoms with van der Waals surface area (Å²) in [6.45, 7) is 5.17. The highest BCUT2D eigenvalue weighted by molar-refractivity contribution is 5.97. The fourth-order valence-electron chi connectivity index (χ4n) is 7.51. The summed E-state index contributed by atoms with van der Waals surface area (Å²) in [5, 5.41) is 9.65. The van der Waals surface area contributed by atoms with Crippen LogP contribution in [-0.4, -0.2) is 53.1 Å². The quantitative estimate of drug-likeness (QED) is 0.109. The molecule has 4 N–H and O–H groups in total. The van der Waals surface area contributed by atoms with Crippen LogP contribution >= 0.6 is 0 Å². The number of nitrogens with one attached hydrogen (secondary N) is 4. The Morgan fingerprint density at radius 3 is 1.81 bits per heavy atom. The Kier molecular flexibility index (Phi) is 10.1. The van der Waals surface area contributed by atoms with Crippen LogP contribution in [0.2, 0.25) is 0 Å². The molecule has 7 heterocycles. The molecule has 9 aromatic rings. The van der Waals surface area contributed by atoms with Crippen LogP contribution in [0.4, 0.5) is 11.6 Å². The lowest BCUT2D eigenvalue weighted by Crippen LogP contribution is -2.16. The SMILES string of the molecule is CC(Nc1ncnc2nc[nH]c12)c1oc(=O)c2ccccc2c1C1=CCOCC1.CCC(Nc1ncnc2nc[nH]c12)c1oc(=O)c2ccccc2c1-c1ccccc1. The van der Waals surface area contributed by atoms with Gasteiger partial charge in [0.1, 0.15) is 35.2 Å². The topological polar surface area (TPSA) is 203 Å². The molecule has 1 aliphatic rings. The van der Waals surface area contributed by atoms with Crippen LogP contribution in [0.5, 0.6) is 0 Å². The van der Waals surface area contributed by atoms with Crippen LogP contribution in [0.25, 0.3) is 60.6 Å². The molecule has 6 aromatic heterocycles. The molecular weight excluding hydrogens is 749 g/mol. The fraction of sp³-hybridized carbons (Fsp3) is 0.182. The van der Waals surface area contributed by atoms with Gasteiger partial charge in [0.15, 0.2) is 22.9 Å². The van der Waals surface area contributed by atoms with E-state index in [1.165, 1.54) is 12.7 Å². The molecule has 15 heteroatoms. The lowest BCUT2D eigenvalue weighted by molar-refractivity contribution is 0.161. The molecule has 294 valence electrons. The number of ether oxygens (including phenoxy) is 1. The van der Waals surface area contributed by atoms with E-state index in [9.17, 15) is 9.59 Å². The number of hydrogen-bond donors (Lipinski definition) is 4. The van der Waals surface area contributed by atoms with Crippen molar-refractivity contribution in [1.29, 1.82) is 0 Å². The third-order valence-corrected chi connectivity index (χ3v) is 10.3. The summed E-state index contributed by atoms with van der Waals surface area (Å²) in [7, 11) is 0. The molecule has 2 unspecified atom stereocenters. The second-order valence-electron chi connectivity index (χ2n) is 13.9. The molecule has 0 bridgehead atoms. The molecule has 0 spiro atoms. The second-order valence-corrected chi connectivity index (χ2v) is 13.9. The lowest BCUT2D eigenvalue weighted by Gasteiger charge is -2.22. The molecule has 2 atom stereocenters. The number of aromatic nitrogens is 8. The van der Waals surface area contributed by atoms with Crippen molar-refractivity contribution >= 4 is 61.1 Å². The fourth-order valence-corrected chi connectivity index (χ4v) is 7.51. The summed E-state index contributed by atoms with van der Waals surface area (Å²) in [6, 6.07) is 24.5. The summed E-state index contributed by atoms with van der Waals surface area (Å²) < 4.78 is 17.2. The molecule has 3 aromatic carbocycles. The number of aromatic amines is 2. The molecular formula is C44H38N10O5. The van der Waals surface area contributed by atoms with Crippen molar-refractivity contribution in [3.63, 3.8) is 0 Å². The van der Waals surface area contributed by atoms with Crippen LogP contribution in [0.3, 0.4) is 0 Å². The summed E-state index contributed by atoms with van der Waals surface area (Å²) >= 11 is 0. The average Bonchev–Trinajstić information content (AvgIpc) is 3.98. The van der Waals surface area contributed by atoms with Gasteiger partial charge < -0.3 is 34.2 Å². The van der Waals surface area contributed by atoms with Gasteiger partial charge in [-0.05, 0) is 48.4 Å². The Balaban J connectivity index is 0.000000152. The van der Waals surface area contributed by atoms with Crippen molar-refractivity contribution in [1.82, 2.24) is 39.9 Å². The third kappa shape index (κ3) is 7.19. The smallest absolute Gasteiger partial charge is 0.343 e. The number of hydrogen-bond acceptors (Lipinski definition) is 13. The van der Waals surface area contributed by atoms with Gasteiger partial charge in [0.05, 0.1) is 48.7 Å². The van der Waals surface area contributed by atoms with Crippen LogP contribution < -0.4 is 21.9 Å². The summed E-state index contributed by atoms with van der Waals surface area (Å²) in [5.41, 5.74) is 5.81.